The number of nitrogens with one attached hydrogen (secondary N) is 1. The molecule has 0 aliphatic rings. The van der Waals surface area contributed by atoms with Crippen LogP contribution in [0.5, 0.6) is 0 Å². The number of hydrogen-bond donors (Lipinski definition) is 1. The van der Waals surface area contributed by atoms with Crippen molar-refractivity contribution in [3.63, 3.8) is 0 Å². The number of para-hydroxylation sites is 1. The van der Waals surface area contributed by atoms with E-state index in [4.69, 9.17) is 4.52 Å². The normalized spacial score (nSPS) is 10.9. The number of carbonyl (C=O) groups is 1. The van der Waals surface area contributed by atoms with Crippen molar-refractivity contribution in [3.8, 4) is 11.3 Å². The molecule has 2 aromatic carbocycles. The molecule has 25 heavy (non-hydrogen) atoms. The van der Waals surface area contributed by atoms with Crippen LogP contribution in [-0.4, -0.2) is 20.8 Å². The third kappa shape index (κ3) is 3.28. The molecule has 1 amide bonds. The summed E-state index contributed by atoms with van der Waals surface area (Å²) >= 11 is 0. The Bertz CT molecular complexity index is 1000. The molecule has 2 heterocycles. The predicted octanol–water partition coefficient (Wildman–Crippen LogP) is 3.01. The van der Waals surface area contributed by atoms with Crippen LogP contribution in [0.25, 0.3) is 22.2 Å². The summed E-state index contributed by atoms with van der Waals surface area (Å²) in [6.45, 7) is 0.477. The molecule has 0 fully saturated rings. The Morgan fingerprint density at radius 3 is 2.76 bits per heavy atom. The van der Waals surface area contributed by atoms with Gasteiger partial charge in [0.1, 0.15) is 12.2 Å². The van der Waals surface area contributed by atoms with Gasteiger partial charge >= 0.3 is 0 Å². The summed E-state index contributed by atoms with van der Waals surface area (Å²) in [7, 11) is 0. The number of hydrogen-bond acceptors (Lipinski definition) is 4. The van der Waals surface area contributed by atoms with E-state index < -0.39 is 0 Å². The minimum atomic E-state index is -0.127. The Hall–Kier alpha value is -3.41. The monoisotopic (exact) mass is 332 g/mol. The van der Waals surface area contributed by atoms with E-state index in [0.29, 0.717) is 18.0 Å². The fourth-order valence-corrected chi connectivity index (χ4v) is 2.67. The van der Waals surface area contributed by atoms with Crippen LogP contribution in [0.15, 0.2) is 71.4 Å². The van der Waals surface area contributed by atoms with E-state index in [1.807, 2.05) is 60.7 Å². The Labute approximate surface area is 144 Å². The van der Waals surface area contributed by atoms with Gasteiger partial charge in [0.25, 0.3) is 0 Å². The van der Waals surface area contributed by atoms with Crippen molar-refractivity contribution in [1.82, 2.24) is 20.3 Å². The van der Waals surface area contributed by atoms with Crippen molar-refractivity contribution in [2.45, 2.75) is 13.1 Å². The van der Waals surface area contributed by atoms with Gasteiger partial charge < -0.3 is 9.84 Å². The molecule has 6 nitrogen and oxygen atoms in total. The lowest BCUT2D eigenvalue weighted by atomic mass is 10.2. The molecule has 0 unspecified atom stereocenters. The van der Waals surface area contributed by atoms with E-state index in [9.17, 15) is 4.79 Å². The molecular weight excluding hydrogens is 316 g/mol. The molecule has 0 spiro atoms. The van der Waals surface area contributed by atoms with Crippen molar-refractivity contribution >= 4 is 16.8 Å². The zero-order chi connectivity index (χ0) is 17.1. The van der Waals surface area contributed by atoms with Crippen molar-refractivity contribution in [3.05, 3.63) is 72.6 Å². The van der Waals surface area contributed by atoms with Gasteiger partial charge in [-0.3, -0.25) is 9.48 Å². The molecule has 0 saturated carbocycles. The second-order valence-electron chi connectivity index (χ2n) is 5.69. The topological polar surface area (TPSA) is 73.0 Å². The third-order valence-corrected chi connectivity index (χ3v) is 3.93. The third-order valence-electron chi connectivity index (χ3n) is 3.93. The number of benzene rings is 2. The molecular formula is C19H16N4O2. The molecule has 4 rings (SSSR count). The minimum Gasteiger partial charge on any atom is -0.356 e. The molecule has 2 aromatic heterocycles. The Balaban J connectivity index is 1.38. The van der Waals surface area contributed by atoms with Gasteiger partial charge in [0, 0.05) is 17.0 Å². The highest BCUT2D eigenvalue weighted by Gasteiger charge is 2.10. The van der Waals surface area contributed by atoms with Crippen molar-refractivity contribution in [2.24, 2.45) is 0 Å². The average molecular weight is 332 g/mol. The first-order valence-electron chi connectivity index (χ1n) is 7.98. The van der Waals surface area contributed by atoms with Crippen LogP contribution in [0.2, 0.25) is 0 Å². The largest absolute Gasteiger partial charge is 0.356 e. The fraction of sp³-hybridized carbons (Fsp3) is 0.105. The average Bonchev–Trinajstić information content (AvgIpc) is 3.28. The van der Waals surface area contributed by atoms with Gasteiger partial charge in [-0.1, -0.05) is 53.7 Å². The zero-order valence-electron chi connectivity index (χ0n) is 13.4. The highest BCUT2D eigenvalue weighted by molar-refractivity contribution is 5.81. The Kier molecular flexibility index (Phi) is 4.00. The van der Waals surface area contributed by atoms with Gasteiger partial charge in [-0.25, -0.2) is 0 Å². The van der Waals surface area contributed by atoms with Crippen LogP contribution in [0.4, 0.5) is 0 Å². The smallest absolute Gasteiger partial charge is 0.242 e. The second-order valence-corrected chi connectivity index (χ2v) is 5.69. The SMILES string of the molecule is O=C(Cn1ncc2ccccc21)NCc1cc(-c2ccccc2)on1. The maximum absolute atomic E-state index is 12.2. The minimum absolute atomic E-state index is 0.127. The molecule has 0 atom stereocenters. The van der Waals surface area contributed by atoms with E-state index in [1.165, 1.54) is 0 Å². The lowest BCUT2D eigenvalue weighted by Crippen LogP contribution is -2.27. The van der Waals surface area contributed by atoms with Crippen LogP contribution < -0.4 is 5.32 Å². The summed E-state index contributed by atoms with van der Waals surface area (Å²) < 4.78 is 7.01. The first-order chi connectivity index (χ1) is 12.3. The van der Waals surface area contributed by atoms with Crippen molar-refractivity contribution in [1.29, 1.82) is 0 Å². The van der Waals surface area contributed by atoms with Crippen LogP contribution in [0, 0.1) is 0 Å². The summed E-state index contributed by atoms with van der Waals surface area (Å²) in [5, 5.41) is 12.1. The number of amides is 1. The van der Waals surface area contributed by atoms with E-state index in [0.717, 1.165) is 16.5 Å². The summed E-state index contributed by atoms with van der Waals surface area (Å²) in [6.07, 6.45) is 1.76. The lowest BCUT2D eigenvalue weighted by molar-refractivity contribution is -0.121. The van der Waals surface area contributed by atoms with Gasteiger partial charge in [0.05, 0.1) is 18.3 Å². The molecule has 4 aromatic rings. The number of aromatic nitrogens is 3. The lowest BCUT2D eigenvalue weighted by Gasteiger charge is -2.04. The number of rotatable bonds is 5. The van der Waals surface area contributed by atoms with Gasteiger partial charge in [-0.05, 0) is 6.07 Å². The van der Waals surface area contributed by atoms with Crippen LogP contribution in [0.1, 0.15) is 5.69 Å². The van der Waals surface area contributed by atoms with Crippen LogP contribution in [0.3, 0.4) is 0 Å². The van der Waals surface area contributed by atoms with Gasteiger partial charge in [0.2, 0.25) is 5.91 Å². The molecule has 0 aliphatic carbocycles. The maximum Gasteiger partial charge on any atom is 0.242 e. The molecule has 0 radical (unpaired) electrons. The standard InChI is InChI=1S/C19H16N4O2/c24-19(13-23-17-9-5-4-8-15(17)11-21-23)20-12-16-10-18(25-22-16)14-6-2-1-3-7-14/h1-11H,12-13H2,(H,20,24). The van der Waals surface area contributed by atoms with E-state index >= 15 is 0 Å². The van der Waals surface area contributed by atoms with E-state index in [-0.39, 0.29) is 12.5 Å². The summed E-state index contributed by atoms with van der Waals surface area (Å²) in [4.78, 5) is 12.2. The number of fused-ring (bicyclic) bond motifs is 1. The van der Waals surface area contributed by atoms with Crippen LogP contribution >= 0.6 is 0 Å². The second kappa shape index (κ2) is 6.60. The highest BCUT2D eigenvalue weighted by atomic mass is 16.5. The predicted molar refractivity (Wildman–Crippen MR) is 93.5 cm³/mol. The molecule has 0 saturated heterocycles. The number of nitrogens with zero attached hydrogens (tertiary/aromatic N) is 3. The maximum atomic E-state index is 12.2. The van der Waals surface area contributed by atoms with E-state index in [2.05, 4.69) is 15.6 Å². The molecule has 0 bridgehead atoms. The quantitative estimate of drug-likeness (QED) is 0.610. The Morgan fingerprint density at radius 1 is 1.08 bits per heavy atom. The van der Waals surface area contributed by atoms with Crippen molar-refractivity contribution in [2.75, 3.05) is 0 Å². The molecule has 1 N–H and O–H groups in total. The first-order valence-corrected chi connectivity index (χ1v) is 7.98. The molecule has 0 aliphatic heterocycles. The van der Waals surface area contributed by atoms with Gasteiger partial charge in [-0.15, -0.1) is 0 Å². The number of carbonyl (C=O) groups excluding carboxylic acids is 1. The van der Waals surface area contributed by atoms with Gasteiger partial charge in [-0.2, -0.15) is 5.10 Å². The molecule has 124 valence electrons. The van der Waals surface area contributed by atoms with Crippen LogP contribution in [-0.2, 0) is 17.9 Å². The Morgan fingerprint density at radius 2 is 1.88 bits per heavy atom. The fourth-order valence-electron chi connectivity index (χ4n) is 2.67. The van der Waals surface area contributed by atoms with E-state index in [1.54, 1.807) is 10.9 Å². The summed E-state index contributed by atoms with van der Waals surface area (Å²) in [5.41, 5.74) is 2.57. The highest BCUT2D eigenvalue weighted by Crippen LogP contribution is 2.19. The van der Waals surface area contributed by atoms with Crippen molar-refractivity contribution < 1.29 is 9.32 Å². The van der Waals surface area contributed by atoms with Gasteiger partial charge in [0.15, 0.2) is 5.76 Å². The molecule has 6 heteroatoms. The zero-order valence-corrected chi connectivity index (χ0v) is 13.4. The summed E-state index contributed by atoms with van der Waals surface area (Å²) in [6, 6.07) is 19.3. The summed E-state index contributed by atoms with van der Waals surface area (Å²) in [5.74, 6) is 0.557. The first kappa shape index (κ1) is 15.1.